The fraction of sp³-hybridized carbons (Fsp3) is 0.600. The van der Waals surface area contributed by atoms with Gasteiger partial charge in [0, 0.05) is 18.8 Å². The largest absolute Gasteiger partial charge is 0.458 e. The lowest BCUT2D eigenvalue weighted by Crippen LogP contribution is -2.39. The number of aromatic nitrogens is 1. The van der Waals surface area contributed by atoms with Crippen molar-refractivity contribution in [1.82, 2.24) is 9.88 Å². The fourth-order valence-corrected chi connectivity index (χ4v) is 2.58. The van der Waals surface area contributed by atoms with E-state index in [4.69, 9.17) is 4.74 Å². The molecule has 1 aromatic rings. The lowest BCUT2D eigenvalue weighted by Gasteiger charge is -2.28. The van der Waals surface area contributed by atoms with E-state index in [-0.39, 0.29) is 18.1 Å². The molecule has 2 rings (SSSR count). The van der Waals surface area contributed by atoms with Crippen molar-refractivity contribution in [3.05, 3.63) is 23.5 Å². The molecule has 0 aliphatic heterocycles. The highest BCUT2D eigenvalue weighted by Gasteiger charge is 2.26. The molecule has 1 aliphatic rings. The highest BCUT2D eigenvalue weighted by atomic mass is 16.5. The maximum Gasteiger partial charge on any atom is 0.407 e. The number of alkyl carbamates (subject to hydrolysis) is 1. The first kappa shape index (κ1) is 15.4. The number of rotatable bonds is 3. The number of nitrogens with zero attached hydrogens (tertiary/aromatic N) is 1. The zero-order valence-electron chi connectivity index (χ0n) is 12.7. The van der Waals surface area contributed by atoms with Crippen LogP contribution in [-0.2, 0) is 16.5 Å². The van der Waals surface area contributed by atoms with Crippen LogP contribution in [0, 0.1) is 6.92 Å². The van der Waals surface area contributed by atoms with Gasteiger partial charge in [0.1, 0.15) is 11.8 Å². The second kappa shape index (κ2) is 6.65. The average Bonchev–Trinajstić information content (AvgIpc) is 2.81. The molecule has 1 aromatic heterocycles. The molecule has 0 spiro atoms. The van der Waals surface area contributed by atoms with Crippen LogP contribution in [0.3, 0.4) is 0 Å². The summed E-state index contributed by atoms with van der Waals surface area (Å²) >= 11 is 0. The van der Waals surface area contributed by atoms with Crippen molar-refractivity contribution in [3.63, 3.8) is 0 Å². The van der Waals surface area contributed by atoms with Crippen molar-refractivity contribution in [1.29, 1.82) is 0 Å². The van der Waals surface area contributed by atoms with E-state index < -0.39 is 6.09 Å². The average molecular weight is 294 g/mol. The minimum absolute atomic E-state index is 0.0802. The molecule has 1 heterocycles. The molecule has 0 saturated heterocycles. The number of hydrogen-bond donors (Lipinski definition) is 1. The number of amides is 1. The summed E-state index contributed by atoms with van der Waals surface area (Å²) < 4.78 is 12.0. The van der Waals surface area contributed by atoms with Crippen LogP contribution >= 0.6 is 0 Å². The Labute approximate surface area is 124 Å². The third-order valence-corrected chi connectivity index (χ3v) is 4.04. The molecule has 1 amide bonds. The molecule has 0 unspecified atom stereocenters. The zero-order valence-corrected chi connectivity index (χ0v) is 12.7. The van der Waals surface area contributed by atoms with Crippen molar-refractivity contribution < 1.29 is 19.1 Å². The first-order chi connectivity index (χ1) is 10.0. The molecule has 1 N–H and O–H groups in total. The molecule has 116 valence electrons. The fourth-order valence-electron chi connectivity index (χ4n) is 2.58. The number of aryl methyl sites for hydroxylation is 1. The van der Waals surface area contributed by atoms with Crippen LogP contribution in [0.5, 0.6) is 0 Å². The monoisotopic (exact) mass is 294 g/mol. The SMILES string of the molecule is COC(=O)NC1CCC(OC(=O)c2ccc(C)n2C)CC1. The van der Waals surface area contributed by atoms with Gasteiger partial charge in [-0.1, -0.05) is 0 Å². The van der Waals surface area contributed by atoms with Crippen molar-refractivity contribution in [3.8, 4) is 0 Å². The topological polar surface area (TPSA) is 69.6 Å². The smallest absolute Gasteiger partial charge is 0.407 e. The molecule has 1 saturated carbocycles. The van der Waals surface area contributed by atoms with Crippen molar-refractivity contribution in [2.24, 2.45) is 7.05 Å². The summed E-state index contributed by atoms with van der Waals surface area (Å²) in [6.07, 6.45) is 2.60. The lowest BCUT2D eigenvalue weighted by atomic mass is 9.93. The van der Waals surface area contributed by atoms with Crippen LogP contribution < -0.4 is 5.32 Å². The Balaban J connectivity index is 1.82. The molecular weight excluding hydrogens is 272 g/mol. The van der Waals surface area contributed by atoms with Crippen LogP contribution in [0.2, 0.25) is 0 Å². The molecule has 6 nitrogen and oxygen atoms in total. The van der Waals surface area contributed by atoms with Gasteiger partial charge in [-0.2, -0.15) is 0 Å². The zero-order chi connectivity index (χ0) is 15.4. The number of carbonyl (C=O) groups is 2. The Morgan fingerprint density at radius 3 is 2.43 bits per heavy atom. The minimum Gasteiger partial charge on any atom is -0.458 e. The maximum atomic E-state index is 12.1. The summed E-state index contributed by atoms with van der Waals surface area (Å²) in [7, 11) is 3.20. The normalized spacial score (nSPS) is 21.7. The molecule has 0 atom stereocenters. The Bertz CT molecular complexity index is 516. The van der Waals surface area contributed by atoms with Gasteiger partial charge in [-0.05, 0) is 44.7 Å². The van der Waals surface area contributed by atoms with Gasteiger partial charge in [0.25, 0.3) is 0 Å². The quantitative estimate of drug-likeness (QED) is 0.867. The van der Waals surface area contributed by atoms with Crippen LogP contribution in [-0.4, -0.2) is 35.9 Å². The van der Waals surface area contributed by atoms with E-state index in [1.165, 1.54) is 7.11 Å². The molecule has 0 radical (unpaired) electrons. The molecule has 0 aromatic carbocycles. The van der Waals surface area contributed by atoms with E-state index in [1.54, 1.807) is 6.07 Å². The first-order valence-electron chi connectivity index (χ1n) is 7.19. The van der Waals surface area contributed by atoms with Gasteiger partial charge in [-0.3, -0.25) is 0 Å². The summed E-state index contributed by atoms with van der Waals surface area (Å²) in [5, 5.41) is 2.78. The van der Waals surface area contributed by atoms with Crippen LogP contribution in [0.25, 0.3) is 0 Å². The minimum atomic E-state index is -0.408. The van der Waals surface area contributed by atoms with Gasteiger partial charge in [0.05, 0.1) is 7.11 Å². The molecule has 1 fully saturated rings. The predicted octanol–water partition coefficient (Wildman–Crippen LogP) is 2.16. The third kappa shape index (κ3) is 3.77. The van der Waals surface area contributed by atoms with Gasteiger partial charge in [-0.25, -0.2) is 9.59 Å². The van der Waals surface area contributed by atoms with E-state index in [1.807, 2.05) is 24.6 Å². The Morgan fingerprint density at radius 2 is 1.90 bits per heavy atom. The summed E-state index contributed by atoms with van der Waals surface area (Å²) in [6.45, 7) is 1.94. The lowest BCUT2D eigenvalue weighted by molar-refractivity contribution is 0.0174. The molecule has 21 heavy (non-hydrogen) atoms. The van der Waals surface area contributed by atoms with E-state index in [9.17, 15) is 9.59 Å². The van der Waals surface area contributed by atoms with Gasteiger partial charge < -0.3 is 19.4 Å². The Morgan fingerprint density at radius 1 is 1.24 bits per heavy atom. The number of methoxy groups -OCH3 is 1. The Kier molecular flexibility index (Phi) is 4.88. The molecule has 6 heteroatoms. The highest BCUT2D eigenvalue weighted by Crippen LogP contribution is 2.22. The second-order valence-corrected chi connectivity index (χ2v) is 5.43. The van der Waals surface area contributed by atoms with Crippen LogP contribution in [0.15, 0.2) is 12.1 Å². The third-order valence-electron chi connectivity index (χ3n) is 4.04. The summed E-state index contributed by atoms with van der Waals surface area (Å²) in [6, 6.07) is 3.78. The van der Waals surface area contributed by atoms with Crippen molar-refractivity contribution in [2.45, 2.75) is 44.8 Å². The molecule has 0 bridgehead atoms. The number of carbonyl (C=O) groups excluding carboxylic acids is 2. The van der Waals surface area contributed by atoms with Crippen molar-refractivity contribution >= 4 is 12.1 Å². The van der Waals surface area contributed by atoms with Crippen LogP contribution in [0.1, 0.15) is 41.9 Å². The standard InChI is InChI=1S/C15H22N2O4/c1-10-4-9-13(17(10)2)14(18)21-12-7-5-11(6-8-12)16-15(19)20-3/h4,9,11-12H,5-8H2,1-3H3,(H,16,19). The van der Waals surface area contributed by atoms with E-state index in [0.717, 1.165) is 31.4 Å². The van der Waals surface area contributed by atoms with Gasteiger partial charge in [0.15, 0.2) is 0 Å². The number of hydrogen-bond acceptors (Lipinski definition) is 4. The van der Waals surface area contributed by atoms with Gasteiger partial charge in [0.2, 0.25) is 0 Å². The Hall–Kier alpha value is -1.98. The van der Waals surface area contributed by atoms with Crippen molar-refractivity contribution in [2.75, 3.05) is 7.11 Å². The van der Waals surface area contributed by atoms with Gasteiger partial charge >= 0.3 is 12.1 Å². The van der Waals surface area contributed by atoms with E-state index in [0.29, 0.717) is 5.69 Å². The first-order valence-corrected chi connectivity index (χ1v) is 7.19. The van der Waals surface area contributed by atoms with E-state index >= 15 is 0 Å². The summed E-state index contributed by atoms with van der Waals surface area (Å²) in [5.74, 6) is -0.282. The summed E-state index contributed by atoms with van der Waals surface area (Å²) in [5.41, 5.74) is 1.59. The number of esters is 1. The van der Waals surface area contributed by atoms with Crippen LogP contribution in [0.4, 0.5) is 4.79 Å². The predicted molar refractivity (Wildman–Crippen MR) is 77.2 cm³/mol. The number of nitrogens with one attached hydrogen (secondary N) is 1. The highest BCUT2D eigenvalue weighted by molar-refractivity contribution is 5.88. The maximum absolute atomic E-state index is 12.1. The second-order valence-electron chi connectivity index (χ2n) is 5.43. The van der Waals surface area contributed by atoms with Gasteiger partial charge in [-0.15, -0.1) is 0 Å². The number of ether oxygens (including phenoxy) is 2. The molecule has 1 aliphatic carbocycles. The van der Waals surface area contributed by atoms with E-state index in [2.05, 4.69) is 10.1 Å². The summed E-state index contributed by atoms with van der Waals surface area (Å²) in [4.78, 5) is 23.3. The molecular formula is C15H22N2O4.